The van der Waals surface area contributed by atoms with Crippen LogP contribution in [0.4, 0.5) is 0 Å². The minimum Gasteiger partial charge on any atom is -0.465 e. The van der Waals surface area contributed by atoms with Crippen LogP contribution in [0.25, 0.3) is 10.9 Å². The van der Waals surface area contributed by atoms with Gasteiger partial charge in [-0.3, -0.25) is 9.78 Å². The summed E-state index contributed by atoms with van der Waals surface area (Å²) >= 11 is 12.2. The first-order valence-electron chi connectivity index (χ1n) is 5.49. The van der Waals surface area contributed by atoms with Gasteiger partial charge >= 0.3 is 5.97 Å². The summed E-state index contributed by atoms with van der Waals surface area (Å²) in [6.45, 7) is 2.03. The number of esters is 1. The molecule has 1 aromatic heterocycles. The normalized spacial score (nSPS) is 12.4. The highest BCUT2D eigenvalue weighted by Gasteiger charge is 2.22. The summed E-state index contributed by atoms with van der Waals surface area (Å²) in [4.78, 5) is 15.9. The Labute approximate surface area is 115 Å². The van der Waals surface area contributed by atoms with Gasteiger partial charge in [0.05, 0.1) is 12.1 Å². The summed E-state index contributed by atoms with van der Waals surface area (Å²) in [5.41, 5.74) is 1.23. The molecule has 0 aliphatic carbocycles. The van der Waals surface area contributed by atoms with Gasteiger partial charge in [0.25, 0.3) is 0 Å². The Hall–Kier alpha value is -1.32. The molecule has 3 nitrogen and oxygen atoms in total. The Morgan fingerprint density at radius 3 is 2.94 bits per heavy atom. The lowest BCUT2D eigenvalue weighted by atomic mass is 10.1. The quantitative estimate of drug-likeness (QED) is 0.636. The van der Waals surface area contributed by atoms with Gasteiger partial charge in [-0.1, -0.05) is 17.7 Å². The van der Waals surface area contributed by atoms with Crippen molar-refractivity contribution in [1.82, 2.24) is 4.98 Å². The van der Waals surface area contributed by atoms with Crippen LogP contribution in [0.15, 0.2) is 30.5 Å². The van der Waals surface area contributed by atoms with E-state index in [9.17, 15) is 4.79 Å². The maximum absolute atomic E-state index is 11.7. The lowest BCUT2D eigenvalue weighted by Gasteiger charge is -2.11. The van der Waals surface area contributed by atoms with Crippen LogP contribution in [0.5, 0.6) is 0 Å². The Balaban J connectivity index is 2.51. The monoisotopic (exact) mass is 283 g/mol. The number of fused-ring (bicyclic) bond motifs is 1. The van der Waals surface area contributed by atoms with Crippen LogP contribution in [-0.4, -0.2) is 17.6 Å². The number of alkyl halides is 1. The Bertz CT molecular complexity index is 586. The molecule has 0 saturated heterocycles. The third kappa shape index (κ3) is 2.42. The van der Waals surface area contributed by atoms with E-state index in [1.807, 2.05) is 6.07 Å². The lowest BCUT2D eigenvalue weighted by Crippen LogP contribution is -2.11. The largest absolute Gasteiger partial charge is 0.465 e. The molecule has 2 aromatic rings. The van der Waals surface area contributed by atoms with Crippen LogP contribution in [0.2, 0.25) is 5.02 Å². The van der Waals surface area contributed by atoms with E-state index in [-0.39, 0.29) is 0 Å². The summed E-state index contributed by atoms with van der Waals surface area (Å²) in [5.74, 6) is -0.478. The van der Waals surface area contributed by atoms with Gasteiger partial charge in [-0.2, -0.15) is 0 Å². The predicted octanol–water partition coefficient (Wildman–Crippen LogP) is 3.73. The second-order valence-corrected chi connectivity index (χ2v) is 4.49. The molecule has 0 fully saturated rings. The van der Waals surface area contributed by atoms with Crippen molar-refractivity contribution in [2.24, 2.45) is 0 Å². The zero-order valence-corrected chi connectivity index (χ0v) is 11.2. The van der Waals surface area contributed by atoms with Gasteiger partial charge in [-0.25, -0.2) is 0 Å². The van der Waals surface area contributed by atoms with E-state index in [1.54, 1.807) is 31.3 Å². The molecule has 1 heterocycles. The first kappa shape index (κ1) is 13.1. The van der Waals surface area contributed by atoms with Crippen molar-refractivity contribution < 1.29 is 9.53 Å². The van der Waals surface area contributed by atoms with Gasteiger partial charge in [0.1, 0.15) is 0 Å². The summed E-state index contributed by atoms with van der Waals surface area (Å²) in [7, 11) is 0. The molecule has 1 aromatic carbocycles. The second kappa shape index (κ2) is 5.55. The number of carbonyl (C=O) groups is 1. The van der Waals surface area contributed by atoms with Crippen LogP contribution >= 0.6 is 23.2 Å². The molecule has 5 heteroatoms. The van der Waals surface area contributed by atoms with Crippen LogP contribution < -0.4 is 0 Å². The van der Waals surface area contributed by atoms with Crippen molar-refractivity contribution in [3.63, 3.8) is 0 Å². The van der Waals surface area contributed by atoms with Crippen molar-refractivity contribution in [3.8, 4) is 0 Å². The van der Waals surface area contributed by atoms with Crippen molar-refractivity contribution in [1.29, 1.82) is 0 Å². The highest BCUT2D eigenvalue weighted by atomic mass is 35.5. The molecule has 94 valence electrons. The van der Waals surface area contributed by atoms with E-state index in [2.05, 4.69) is 4.98 Å². The third-order valence-electron chi connectivity index (χ3n) is 2.51. The molecule has 2 rings (SSSR count). The Morgan fingerprint density at radius 1 is 1.44 bits per heavy atom. The van der Waals surface area contributed by atoms with E-state index in [0.29, 0.717) is 22.7 Å². The number of pyridine rings is 1. The smallest absolute Gasteiger partial charge is 0.328 e. The summed E-state index contributed by atoms with van der Waals surface area (Å²) < 4.78 is 4.91. The standard InChI is InChI=1S/C13H11Cl2NO2/c1-2-18-13(17)11(15)9-5-6-10(14)8-4-3-7-16-12(8)9/h3-7,11H,2H2,1H3. The molecule has 0 amide bonds. The van der Waals surface area contributed by atoms with Gasteiger partial charge in [0.15, 0.2) is 5.38 Å². The maximum atomic E-state index is 11.7. The number of aromatic nitrogens is 1. The van der Waals surface area contributed by atoms with Crippen LogP contribution in [0.1, 0.15) is 17.9 Å². The number of nitrogens with zero attached hydrogens (tertiary/aromatic N) is 1. The topological polar surface area (TPSA) is 39.2 Å². The fraction of sp³-hybridized carbons (Fsp3) is 0.231. The maximum Gasteiger partial charge on any atom is 0.328 e. The first-order chi connectivity index (χ1) is 8.65. The molecular weight excluding hydrogens is 273 g/mol. The zero-order chi connectivity index (χ0) is 13.1. The van der Waals surface area contributed by atoms with E-state index < -0.39 is 11.3 Å². The molecule has 0 N–H and O–H groups in total. The molecule has 0 saturated carbocycles. The summed E-state index contributed by atoms with van der Waals surface area (Å²) in [6, 6.07) is 7.02. The molecule has 1 unspecified atom stereocenters. The molecule has 0 spiro atoms. The number of carbonyl (C=O) groups excluding carboxylic acids is 1. The highest BCUT2D eigenvalue weighted by molar-refractivity contribution is 6.36. The number of hydrogen-bond donors (Lipinski definition) is 0. The van der Waals surface area contributed by atoms with Gasteiger partial charge in [0.2, 0.25) is 0 Å². The van der Waals surface area contributed by atoms with Crippen molar-refractivity contribution in [2.75, 3.05) is 6.61 Å². The van der Waals surface area contributed by atoms with Crippen LogP contribution in [0, 0.1) is 0 Å². The Kier molecular flexibility index (Phi) is 4.04. The van der Waals surface area contributed by atoms with Gasteiger partial charge < -0.3 is 4.74 Å². The van der Waals surface area contributed by atoms with Crippen molar-refractivity contribution in [2.45, 2.75) is 12.3 Å². The zero-order valence-electron chi connectivity index (χ0n) is 9.69. The van der Waals surface area contributed by atoms with Gasteiger partial charge in [-0.15, -0.1) is 11.6 Å². The van der Waals surface area contributed by atoms with Crippen molar-refractivity contribution >= 4 is 40.1 Å². The fourth-order valence-electron chi connectivity index (χ4n) is 1.71. The number of ether oxygens (including phenoxy) is 1. The molecule has 1 atom stereocenters. The fourth-order valence-corrected chi connectivity index (χ4v) is 2.16. The van der Waals surface area contributed by atoms with E-state index in [1.165, 1.54) is 0 Å². The number of rotatable bonds is 3. The number of benzene rings is 1. The minimum absolute atomic E-state index is 0.293. The average Bonchev–Trinajstić information content (AvgIpc) is 2.39. The summed E-state index contributed by atoms with van der Waals surface area (Å²) in [5, 5.41) is 0.473. The third-order valence-corrected chi connectivity index (χ3v) is 3.26. The lowest BCUT2D eigenvalue weighted by molar-refractivity contribution is -0.142. The molecule has 0 radical (unpaired) electrons. The highest BCUT2D eigenvalue weighted by Crippen LogP contribution is 2.31. The van der Waals surface area contributed by atoms with Crippen LogP contribution in [0.3, 0.4) is 0 Å². The van der Waals surface area contributed by atoms with Crippen LogP contribution in [-0.2, 0) is 9.53 Å². The van der Waals surface area contributed by atoms with Crippen molar-refractivity contribution in [3.05, 3.63) is 41.0 Å². The van der Waals surface area contributed by atoms with E-state index >= 15 is 0 Å². The van der Waals surface area contributed by atoms with E-state index in [4.69, 9.17) is 27.9 Å². The first-order valence-corrected chi connectivity index (χ1v) is 6.30. The number of halogens is 2. The molecule has 0 aliphatic heterocycles. The molecule has 0 aliphatic rings. The predicted molar refractivity (Wildman–Crippen MR) is 72.0 cm³/mol. The Morgan fingerprint density at radius 2 is 2.22 bits per heavy atom. The van der Waals surface area contributed by atoms with E-state index in [0.717, 1.165) is 5.39 Å². The SMILES string of the molecule is CCOC(=O)C(Cl)c1ccc(Cl)c2cccnc12. The number of hydrogen-bond acceptors (Lipinski definition) is 3. The minimum atomic E-state index is -0.875. The summed E-state index contributed by atoms with van der Waals surface area (Å²) in [6.07, 6.45) is 1.64. The molecule has 0 bridgehead atoms. The molecule has 18 heavy (non-hydrogen) atoms. The average molecular weight is 284 g/mol. The molecular formula is C13H11Cl2NO2. The van der Waals surface area contributed by atoms with Gasteiger partial charge in [0, 0.05) is 22.2 Å². The second-order valence-electron chi connectivity index (χ2n) is 3.65. The van der Waals surface area contributed by atoms with Gasteiger partial charge in [-0.05, 0) is 25.1 Å².